The lowest BCUT2D eigenvalue weighted by Gasteiger charge is -2.19. The van der Waals surface area contributed by atoms with Gasteiger partial charge in [-0.25, -0.2) is 0 Å². The lowest BCUT2D eigenvalue weighted by molar-refractivity contribution is -0.146. The number of nitrogens with one attached hydrogen (secondary N) is 1. The molecule has 0 bridgehead atoms. The van der Waals surface area contributed by atoms with Gasteiger partial charge in [-0.3, -0.25) is 9.59 Å². The number of carboxylic acids is 1. The lowest BCUT2D eigenvalue weighted by atomic mass is 9.94. The van der Waals surface area contributed by atoms with Gasteiger partial charge >= 0.3 is 5.97 Å². The average Bonchev–Trinajstić information content (AvgIpc) is 2.74. The normalized spacial score (nSPS) is 11.6. The third kappa shape index (κ3) is 2.78. The van der Waals surface area contributed by atoms with E-state index in [1.165, 1.54) is 11.3 Å². The second-order valence-corrected chi connectivity index (χ2v) is 6.54. The van der Waals surface area contributed by atoms with Gasteiger partial charge in [0.05, 0.1) is 10.4 Å². The van der Waals surface area contributed by atoms with Gasteiger partial charge in [0.25, 0.3) is 5.91 Å². The quantitative estimate of drug-likeness (QED) is 0.909. The SMILES string of the molecule is CC(C)(CNC(=O)c1sc2ccccc2c1Cl)C(=O)O. The number of thiophene rings is 1. The molecule has 1 aromatic carbocycles. The molecule has 20 heavy (non-hydrogen) atoms. The molecule has 1 heterocycles. The summed E-state index contributed by atoms with van der Waals surface area (Å²) in [5.74, 6) is -1.30. The molecule has 106 valence electrons. The van der Waals surface area contributed by atoms with Crippen molar-refractivity contribution in [3.05, 3.63) is 34.2 Å². The fourth-order valence-corrected chi connectivity index (χ4v) is 3.05. The average molecular weight is 312 g/mol. The topological polar surface area (TPSA) is 66.4 Å². The van der Waals surface area contributed by atoms with Crippen LogP contribution in [0.15, 0.2) is 24.3 Å². The maximum absolute atomic E-state index is 12.1. The molecule has 0 atom stereocenters. The fraction of sp³-hybridized carbons (Fsp3) is 0.286. The zero-order chi connectivity index (χ0) is 14.9. The predicted octanol–water partition coefficient (Wildman–Crippen LogP) is 3.40. The first-order valence-electron chi connectivity index (χ1n) is 6.01. The van der Waals surface area contributed by atoms with E-state index in [0.717, 1.165) is 10.1 Å². The molecule has 0 spiro atoms. The first-order valence-corrected chi connectivity index (χ1v) is 7.21. The highest BCUT2D eigenvalue weighted by Crippen LogP contribution is 2.35. The van der Waals surface area contributed by atoms with Crippen molar-refractivity contribution in [1.29, 1.82) is 0 Å². The smallest absolute Gasteiger partial charge is 0.310 e. The van der Waals surface area contributed by atoms with Crippen LogP contribution in [0.1, 0.15) is 23.5 Å². The standard InChI is InChI=1S/C14H14ClNO3S/c1-14(2,13(18)19)7-16-12(17)11-10(15)8-5-3-4-6-9(8)20-11/h3-6H,7H2,1-2H3,(H,16,17)(H,18,19). The highest BCUT2D eigenvalue weighted by Gasteiger charge is 2.28. The van der Waals surface area contributed by atoms with Gasteiger partial charge in [-0.05, 0) is 19.9 Å². The van der Waals surface area contributed by atoms with Crippen molar-refractivity contribution in [1.82, 2.24) is 5.32 Å². The summed E-state index contributed by atoms with van der Waals surface area (Å²) < 4.78 is 0.931. The first-order chi connectivity index (χ1) is 9.33. The van der Waals surface area contributed by atoms with Crippen LogP contribution < -0.4 is 5.32 Å². The second kappa shape index (κ2) is 5.42. The Hall–Kier alpha value is -1.59. The van der Waals surface area contributed by atoms with Crippen molar-refractivity contribution in [2.24, 2.45) is 5.41 Å². The molecule has 4 nitrogen and oxygen atoms in total. The summed E-state index contributed by atoms with van der Waals surface area (Å²) in [6.07, 6.45) is 0. The third-order valence-corrected chi connectivity index (χ3v) is 4.69. The van der Waals surface area contributed by atoms with Crippen LogP contribution in [0.4, 0.5) is 0 Å². The minimum Gasteiger partial charge on any atom is -0.481 e. The van der Waals surface area contributed by atoms with E-state index in [1.807, 2.05) is 24.3 Å². The van der Waals surface area contributed by atoms with E-state index in [-0.39, 0.29) is 12.5 Å². The molecule has 0 saturated heterocycles. The Bertz CT molecular complexity index is 678. The summed E-state index contributed by atoms with van der Waals surface area (Å²) in [6, 6.07) is 7.48. The van der Waals surface area contributed by atoms with Crippen molar-refractivity contribution < 1.29 is 14.7 Å². The number of fused-ring (bicyclic) bond motifs is 1. The molecule has 0 saturated carbocycles. The van der Waals surface area contributed by atoms with Crippen molar-refractivity contribution in [2.75, 3.05) is 6.54 Å². The molecular weight excluding hydrogens is 298 g/mol. The van der Waals surface area contributed by atoms with Crippen LogP contribution in [0.25, 0.3) is 10.1 Å². The van der Waals surface area contributed by atoms with E-state index in [4.69, 9.17) is 16.7 Å². The maximum atomic E-state index is 12.1. The Labute approximate surface area is 125 Å². The Kier molecular flexibility index (Phi) is 4.01. The zero-order valence-corrected chi connectivity index (χ0v) is 12.6. The van der Waals surface area contributed by atoms with Gasteiger partial charge in [0.15, 0.2) is 0 Å². The molecule has 6 heteroatoms. The van der Waals surface area contributed by atoms with Crippen molar-refractivity contribution in [3.8, 4) is 0 Å². The van der Waals surface area contributed by atoms with Crippen molar-refractivity contribution >= 4 is 44.9 Å². The van der Waals surface area contributed by atoms with Gasteiger partial charge < -0.3 is 10.4 Å². The van der Waals surface area contributed by atoms with Crippen LogP contribution in [0.2, 0.25) is 5.02 Å². The molecule has 0 fully saturated rings. The van der Waals surface area contributed by atoms with Crippen LogP contribution in [-0.2, 0) is 4.79 Å². The number of halogens is 1. The first kappa shape index (κ1) is 14.8. The Morgan fingerprint density at radius 2 is 2.00 bits per heavy atom. The summed E-state index contributed by atoms with van der Waals surface area (Å²) in [5, 5.41) is 12.9. The van der Waals surface area contributed by atoms with Gasteiger partial charge in [0.2, 0.25) is 0 Å². The van der Waals surface area contributed by atoms with Crippen LogP contribution in [0.3, 0.4) is 0 Å². The number of carbonyl (C=O) groups excluding carboxylic acids is 1. The van der Waals surface area contributed by atoms with E-state index < -0.39 is 11.4 Å². The summed E-state index contributed by atoms with van der Waals surface area (Å²) in [5.41, 5.74) is -1.02. The van der Waals surface area contributed by atoms with E-state index in [2.05, 4.69) is 5.32 Å². The van der Waals surface area contributed by atoms with Gasteiger partial charge in [-0.2, -0.15) is 0 Å². The summed E-state index contributed by atoms with van der Waals surface area (Å²) in [6.45, 7) is 3.16. The zero-order valence-electron chi connectivity index (χ0n) is 11.1. The number of carboxylic acid groups (broad SMARTS) is 1. The predicted molar refractivity (Wildman–Crippen MR) is 80.6 cm³/mol. The number of carbonyl (C=O) groups is 2. The molecule has 0 unspecified atom stereocenters. The molecule has 2 rings (SSSR count). The highest BCUT2D eigenvalue weighted by molar-refractivity contribution is 7.21. The number of rotatable bonds is 4. The van der Waals surface area contributed by atoms with E-state index in [0.29, 0.717) is 9.90 Å². The van der Waals surface area contributed by atoms with Gasteiger partial charge in [0, 0.05) is 16.6 Å². The molecule has 2 N–H and O–H groups in total. The molecule has 2 aromatic rings. The minimum atomic E-state index is -1.02. The number of benzene rings is 1. The third-order valence-electron chi connectivity index (χ3n) is 3.01. The maximum Gasteiger partial charge on any atom is 0.310 e. The van der Waals surface area contributed by atoms with Crippen LogP contribution >= 0.6 is 22.9 Å². The van der Waals surface area contributed by atoms with Crippen molar-refractivity contribution in [2.45, 2.75) is 13.8 Å². The van der Waals surface area contributed by atoms with Crippen LogP contribution in [-0.4, -0.2) is 23.5 Å². The van der Waals surface area contributed by atoms with E-state index in [1.54, 1.807) is 13.8 Å². The molecule has 1 amide bonds. The van der Waals surface area contributed by atoms with E-state index in [9.17, 15) is 9.59 Å². The summed E-state index contributed by atoms with van der Waals surface area (Å²) >= 11 is 7.50. The molecular formula is C14H14ClNO3S. The number of hydrogen-bond acceptors (Lipinski definition) is 3. The molecule has 1 aromatic heterocycles. The Morgan fingerprint density at radius 3 is 2.60 bits per heavy atom. The number of amides is 1. The molecule has 0 aliphatic carbocycles. The van der Waals surface area contributed by atoms with Crippen LogP contribution in [0.5, 0.6) is 0 Å². The van der Waals surface area contributed by atoms with Gasteiger partial charge in [0.1, 0.15) is 4.88 Å². The lowest BCUT2D eigenvalue weighted by Crippen LogP contribution is -2.38. The van der Waals surface area contributed by atoms with Crippen LogP contribution in [0, 0.1) is 5.41 Å². The molecule has 0 radical (unpaired) electrons. The number of aliphatic carboxylic acids is 1. The number of hydrogen-bond donors (Lipinski definition) is 2. The Balaban J connectivity index is 2.20. The second-order valence-electron chi connectivity index (χ2n) is 5.11. The largest absolute Gasteiger partial charge is 0.481 e. The summed E-state index contributed by atoms with van der Waals surface area (Å²) in [4.78, 5) is 23.5. The van der Waals surface area contributed by atoms with Gasteiger partial charge in [-0.15, -0.1) is 11.3 Å². The molecule has 0 aliphatic rings. The summed E-state index contributed by atoms with van der Waals surface area (Å²) in [7, 11) is 0. The Morgan fingerprint density at radius 1 is 1.35 bits per heavy atom. The minimum absolute atomic E-state index is 0.0474. The van der Waals surface area contributed by atoms with Crippen molar-refractivity contribution in [3.63, 3.8) is 0 Å². The fourth-order valence-electron chi connectivity index (χ4n) is 1.62. The van der Waals surface area contributed by atoms with E-state index >= 15 is 0 Å². The molecule has 0 aliphatic heterocycles. The van der Waals surface area contributed by atoms with Gasteiger partial charge in [-0.1, -0.05) is 29.8 Å². The highest BCUT2D eigenvalue weighted by atomic mass is 35.5. The monoisotopic (exact) mass is 311 g/mol.